The maximum absolute atomic E-state index is 5.63. The van der Waals surface area contributed by atoms with Gasteiger partial charge in [0.05, 0.1) is 11.1 Å². The van der Waals surface area contributed by atoms with Crippen molar-refractivity contribution in [1.29, 1.82) is 0 Å². The number of halogens is 1. The second-order valence-corrected chi connectivity index (χ2v) is 4.17. The third-order valence-electron chi connectivity index (χ3n) is 2.16. The Morgan fingerprint density at radius 2 is 2.07 bits per heavy atom. The van der Waals surface area contributed by atoms with Crippen molar-refractivity contribution in [2.45, 2.75) is 33.1 Å². The topological polar surface area (TPSA) is 9.23 Å². The Morgan fingerprint density at radius 1 is 1.29 bits per heavy atom. The summed E-state index contributed by atoms with van der Waals surface area (Å²) in [5.74, 6) is 0.954. The molecule has 0 amide bonds. The van der Waals surface area contributed by atoms with Crippen molar-refractivity contribution >= 4 is 15.9 Å². The fourth-order valence-electron chi connectivity index (χ4n) is 1.21. The van der Waals surface area contributed by atoms with E-state index in [-0.39, 0.29) is 0 Å². The third-order valence-corrected chi connectivity index (χ3v) is 2.78. The lowest BCUT2D eigenvalue weighted by Crippen LogP contribution is -1.97. The first-order valence-electron chi connectivity index (χ1n) is 5.19. The molecule has 1 aromatic carbocycles. The van der Waals surface area contributed by atoms with Crippen LogP contribution in [-0.2, 0) is 6.42 Å². The van der Waals surface area contributed by atoms with Gasteiger partial charge in [0.15, 0.2) is 0 Å². The van der Waals surface area contributed by atoms with Crippen LogP contribution in [0.3, 0.4) is 0 Å². The number of benzene rings is 1. The summed E-state index contributed by atoms with van der Waals surface area (Å²) in [7, 11) is 0. The molecule has 0 aromatic heterocycles. The van der Waals surface area contributed by atoms with Crippen LogP contribution < -0.4 is 4.74 Å². The standard InChI is InChI=1S/C12H17BrO/c1-3-5-8-14-12-7-6-10(4-2)9-11(12)13/h6-7,9H,3-5,8H2,1-2H3. The molecule has 2 heteroatoms. The number of unbranched alkanes of at least 4 members (excludes halogenated alkanes) is 1. The van der Waals surface area contributed by atoms with E-state index >= 15 is 0 Å². The Bertz CT molecular complexity index is 284. The zero-order chi connectivity index (χ0) is 10.4. The molecule has 78 valence electrons. The molecule has 1 aromatic rings. The van der Waals surface area contributed by atoms with E-state index in [1.165, 1.54) is 12.0 Å². The van der Waals surface area contributed by atoms with Crippen molar-refractivity contribution in [2.24, 2.45) is 0 Å². The van der Waals surface area contributed by atoms with E-state index in [1.807, 2.05) is 6.07 Å². The van der Waals surface area contributed by atoms with Gasteiger partial charge in [0.1, 0.15) is 5.75 Å². The van der Waals surface area contributed by atoms with Crippen LogP contribution >= 0.6 is 15.9 Å². The minimum Gasteiger partial charge on any atom is -0.492 e. The van der Waals surface area contributed by atoms with Crippen LogP contribution in [0.5, 0.6) is 5.75 Å². The van der Waals surface area contributed by atoms with Crippen molar-refractivity contribution in [3.05, 3.63) is 28.2 Å². The number of hydrogen-bond donors (Lipinski definition) is 0. The molecular weight excluding hydrogens is 240 g/mol. The highest BCUT2D eigenvalue weighted by atomic mass is 79.9. The summed E-state index contributed by atoms with van der Waals surface area (Å²) in [6.07, 6.45) is 3.35. The van der Waals surface area contributed by atoms with Crippen LogP contribution in [0.25, 0.3) is 0 Å². The molecule has 0 fully saturated rings. The Kier molecular flexibility index (Phi) is 5.02. The van der Waals surface area contributed by atoms with Crippen LogP contribution in [0.2, 0.25) is 0 Å². The van der Waals surface area contributed by atoms with Crippen molar-refractivity contribution in [3.63, 3.8) is 0 Å². The predicted molar refractivity (Wildman–Crippen MR) is 63.9 cm³/mol. The van der Waals surface area contributed by atoms with Crippen molar-refractivity contribution in [2.75, 3.05) is 6.61 Å². The summed E-state index contributed by atoms with van der Waals surface area (Å²) in [6, 6.07) is 6.28. The van der Waals surface area contributed by atoms with E-state index in [0.717, 1.165) is 29.7 Å². The van der Waals surface area contributed by atoms with E-state index < -0.39 is 0 Å². The Morgan fingerprint density at radius 3 is 2.64 bits per heavy atom. The lowest BCUT2D eigenvalue weighted by Gasteiger charge is -2.08. The maximum Gasteiger partial charge on any atom is 0.133 e. The average molecular weight is 257 g/mol. The lowest BCUT2D eigenvalue weighted by molar-refractivity contribution is 0.307. The van der Waals surface area contributed by atoms with Gasteiger partial charge >= 0.3 is 0 Å². The summed E-state index contributed by atoms with van der Waals surface area (Å²) < 4.78 is 6.69. The van der Waals surface area contributed by atoms with E-state index in [9.17, 15) is 0 Å². The number of rotatable bonds is 5. The summed E-state index contributed by atoms with van der Waals surface area (Å²) in [6.45, 7) is 5.12. The molecule has 0 aliphatic heterocycles. The molecule has 0 saturated heterocycles. The third kappa shape index (κ3) is 3.33. The lowest BCUT2D eigenvalue weighted by atomic mass is 10.2. The zero-order valence-corrected chi connectivity index (χ0v) is 10.4. The normalized spacial score (nSPS) is 10.2. The highest BCUT2D eigenvalue weighted by molar-refractivity contribution is 9.10. The molecule has 0 saturated carbocycles. The quantitative estimate of drug-likeness (QED) is 0.718. The van der Waals surface area contributed by atoms with E-state index in [2.05, 4.69) is 41.9 Å². The molecule has 0 atom stereocenters. The minimum absolute atomic E-state index is 0.806. The number of ether oxygens (including phenoxy) is 1. The smallest absolute Gasteiger partial charge is 0.133 e. The van der Waals surface area contributed by atoms with Crippen molar-refractivity contribution < 1.29 is 4.74 Å². The van der Waals surface area contributed by atoms with Gasteiger partial charge in [-0.25, -0.2) is 0 Å². The highest BCUT2D eigenvalue weighted by Crippen LogP contribution is 2.26. The highest BCUT2D eigenvalue weighted by Gasteiger charge is 2.01. The molecule has 1 rings (SSSR count). The monoisotopic (exact) mass is 256 g/mol. The number of hydrogen-bond acceptors (Lipinski definition) is 1. The van der Waals surface area contributed by atoms with Gasteiger partial charge in [0, 0.05) is 0 Å². The Hall–Kier alpha value is -0.500. The van der Waals surface area contributed by atoms with Gasteiger partial charge in [0.2, 0.25) is 0 Å². The molecule has 0 spiro atoms. The number of aryl methyl sites for hydroxylation is 1. The summed E-state index contributed by atoms with van der Waals surface area (Å²) in [5.41, 5.74) is 1.33. The van der Waals surface area contributed by atoms with Crippen LogP contribution in [-0.4, -0.2) is 6.61 Å². The largest absolute Gasteiger partial charge is 0.492 e. The first-order valence-corrected chi connectivity index (χ1v) is 5.98. The van der Waals surface area contributed by atoms with Gasteiger partial charge in [-0.3, -0.25) is 0 Å². The summed E-state index contributed by atoms with van der Waals surface area (Å²) in [4.78, 5) is 0. The van der Waals surface area contributed by atoms with Gasteiger partial charge < -0.3 is 4.74 Å². The molecule has 0 radical (unpaired) electrons. The molecule has 0 heterocycles. The van der Waals surface area contributed by atoms with Gasteiger partial charge in [0.25, 0.3) is 0 Å². The fourth-order valence-corrected chi connectivity index (χ4v) is 1.75. The van der Waals surface area contributed by atoms with Crippen molar-refractivity contribution in [1.82, 2.24) is 0 Å². The maximum atomic E-state index is 5.63. The minimum atomic E-state index is 0.806. The van der Waals surface area contributed by atoms with E-state index in [4.69, 9.17) is 4.74 Å². The zero-order valence-electron chi connectivity index (χ0n) is 8.85. The second kappa shape index (κ2) is 6.07. The van der Waals surface area contributed by atoms with Crippen LogP contribution in [0.4, 0.5) is 0 Å². The molecule has 0 aliphatic rings. The summed E-state index contributed by atoms with van der Waals surface area (Å²) >= 11 is 3.52. The van der Waals surface area contributed by atoms with E-state index in [0.29, 0.717) is 0 Å². The second-order valence-electron chi connectivity index (χ2n) is 3.32. The SMILES string of the molecule is CCCCOc1ccc(CC)cc1Br. The van der Waals surface area contributed by atoms with Crippen LogP contribution in [0.15, 0.2) is 22.7 Å². The first kappa shape index (κ1) is 11.6. The van der Waals surface area contributed by atoms with Gasteiger partial charge in [-0.15, -0.1) is 0 Å². The summed E-state index contributed by atoms with van der Waals surface area (Å²) in [5, 5.41) is 0. The first-order chi connectivity index (χ1) is 6.77. The Balaban J connectivity index is 2.59. The van der Waals surface area contributed by atoms with Crippen molar-refractivity contribution in [3.8, 4) is 5.75 Å². The van der Waals surface area contributed by atoms with Crippen LogP contribution in [0.1, 0.15) is 32.3 Å². The molecule has 0 bridgehead atoms. The fraction of sp³-hybridized carbons (Fsp3) is 0.500. The molecule has 0 aliphatic carbocycles. The van der Waals surface area contributed by atoms with E-state index in [1.54, 1.807) is 0 Å². The molecule has 0 unspecified atom stereocenters. The van der Waals surface area contributed by atoms with Crippen LogP contribution in [0, 0.1) is 0 Å². The predicted octanol–water partition coefficient (Wildman–Crippen LogP) is 4.19. The van der Waals surface area contributed by atoms with Gasteiger partial charge in [-0.05, 0) is 46.5 Å². The van der Waals surface area contributed by atoms with Gasteiger partial charge in [-0.1, -0.05) is 26.3 Å². The average Bonchev–Trinajstić information content (AvgIpc) is 2.20. The molecule has 1 nitrogen and oxygen atoms in total. The molecular formula is C12H17BrO. The molecule has 14 heavy (non-hydrogen) atoms. The van der Waals surface area contributed by atoms with Gasteiger partial charge in [-0.2, -0.15) is 0 Å². The Labute approximate surface area is 94.6 Å². The molecule has 0 N–H and O–H groups in total.